The van der Waals surface area contributed by atoms with Crippen molar-refractivity contribution in [3.63, 3.8) is 0 Å². The third-order valence-electron chi connectivity index (χ3n) is 7.12. The van der Waals surface area contributed by atoms with Crippen LogP contribution in [0.5, 0.6) is 0 Å². The maximum absolute atomic E-state index is 13.6. The number of aryl methyl sites for hydroxylation is 1. The molecule has 222 valence electrons. The van der Waals surface area contributed by atoms with Crippen molar-refractivity contribution >= 4 is 69.7 Å². The zero-order valence-electron chi connectivity index (χ0n) is 22.5. The topological polar surface area (TPSA) is 197 Å². The number of tetrazole rings is 1. The van der Waals surface area contributed by atoms with Crippen LogP contribution in [0, 0.1) is 0 Å². The predicted molar refractivity (Wildman–Crippen MR) is 157 cm³/mol. The van der Waals surface area contributed by atoms with Gasteiger partial charge in [-0.2, -0.15) is 5.21 Å². The number of aliphatic carboxylic acids is 1. The van der Waals surface area contributed by atoms with Crippen molar-refractivity contribution in [2.45, 2.75) is 34.8 Å². The molecule has 4 aromatic rings. The van der Waals surface area contributed by atoms with Crippen LogP contribution in [0.3, 0.4) is 0 Å². The number of carbonyl (C=O) groups is 4. The van der Waals surface area contributed by atoms with Gasteiger partial charge in [0.2, 0.25) is 11.1 Å². The first kappa shape index (κ1) is 28.7. The molecular weight excluding hydrogens is 619 g/mol. The van der Waals surface area contributed by atoms with Crippen LogP contribution in [-0.4, -0.2) is 86.0 Å². The number of rotatable bonds is 8. The molecule has 5 heterocycles. The molecule has 0 radical (unpaired) electrons. The van der Waals surface area contributed by atoms with Crippen LogP contribution in [0.25, 0.3) is 11.0 Å². The Bertz CT molecular complexity index is 1830. The Labute approximate surface area is 254 Å². The van der Waals surface area contributed by atoms with Gasteiger partial charge in [0.15, 0.2) is 0 Å². The minimum Gasteiger partial charge on any atom is -0.477 e. The molecule has 1 saturated heterocycles. The number of fused-ring (bicyclic) bond motifs is 2. The summed E-state index contributed by atoms with van der Waals surface area (Å²) < 4.78 is 2.29. The summed E-state index contributed by atoms with van der Waals surface area (Å²) in [5.41, 5.74) is 0.716. The standard InChI is InChI=1S/C25H23N9O6S3/c1-11(43-23-28-30-31-29-23)12-10-42-21-17(20(36)34(21)18(12)22(37)38)26-19(35)16(15-8-5-9-41-15)27-24(39)33-14-7-4-3-6-13(14)32(2)25(33)40/h3-9,11,16-17,21H,10H2,1-2H3,(H,26,35)(H,27,39)(H,37,38)(H,28,29,30,31)/t11?,16?,17?,21-/m0/s1. The van der Waals surface area contributed by atoms with Crippen LogP contribution in [0.1, 0.15) is 17.8 Å². The molecular formula is C25H23N9O6S3. The number of para-hydroxylation sites is 2. The van der Waals surface area contributed by atoms with Crippen molar-refractivity contribution < 1.29 is 24.3 Å². The van der Waals surface area contributed by atoms with Crippen LogP contribution < -0.4 is 16.3 Å². The molecule has 6 rings (SSSR count). The molecule has 2 aliphatic rings. The number of aromatic amines is 1. The van der Waals surface area contributed by atoms with E-state index >= 15 is 0 Å². The molecule has 3 amide bonds. The van der Waals surface area contributed by atoms with Gasteiger partial charge in [-0.1, -0.05) is 30.0 Å². The first-order chi connectivity index (χ1) is 20.7. The number of amides is 3. The van der Waals surface area contributed by atoms with Gasteiger partial charge in [-0.25, -0.2) is 19.0 Å². The molecule has 0 aliphatic carbocycles. The first-order valence-electron chi connectivity index (χ1n) is 12.8. The van der Waals surface area contributed by atoms with Crippen molar-refractivity contribution in [3.05, 3.63) is 68.4 Å². The molecule has 18 heteroatoms. The zero-order chi connectivity index (χ0) is 30.4. The van der Waals surface area contributed by atoms with E-state index in [1.54, 1.807) is 55.7 Å². The molecule has 4 N–H and O–H groups in total. The van der Waals surface area contributed by atoms with Gasteiger partial charge in [-0.3, -0.25) is 19.1 Å². The second-order valence-corrected chi connectivity index (χ2v) is 13.0. The molecule has 0 saturated carbocycles. The van der Waals surface area contributed by atoms with E-state index in [0.717, 1.165) is 4.57 Å². The number of β-lactam (4-membered cyclic amide) rings is 1. The molecule has 15 nitrogen and oxygen atoms in total. The Morgan fingerprint density at radius 1 is 1.16 bits per heavy atom. The molecule has 0 bridgehead atoms. The van der Waals surface area contributed by atoms with E-state index in [1.165, 1.54) is 44.3 Å². The number of nitrogens with zero attached hydrogens (tertiary/aromatic N) is 6. The normalized spacial score (nSPS) is 19.5. The van der Waals surface area contributed by atoms with Crippen LogP contribution in [-0.2, 0) is 21.4 Å². The van der Waals surface area contributed by atoms with E-state index in [9.17, 15) is 29.1 Å². The Balaban J connectivity index is 1.22. The molecule has 3 aromatic heterocycles. The lowest BCUT2D eigenvalue weighted by atomic mass is 10.0. The number of aromatic nitrogens is 6. The largest absolute Gasteiger partial charge is 0.477 e. The predicted octanol–water partition coefficient (Wildman–Crippen LogP) is 1.13. The van der Waals surface area contributed by atoms with E-state index < -0.39 is 47.0 Å². The van der Waals surface area contributed by atoms with Gasteiger partial charge < -0.3 is 15.7 Å². The average Bonchev–Trinajstić information content (AvgIpc) is 3.76. The van der Waals surface area contributed by atoms with Gasteiger partial charge in [0.1, 0.15) is 23.2 Å². The SMILES string of the molecule is CC(Sc1nn[nH]n1)C1=C(C(=O)O)N2C(=O)C(NC(=O)C(NC(=O)n3c(=O)n(C)c4ccccc43)c3cccs3)[C@@H]2SC1. The Morgan fingerprint density at radius 2 is 1.93 bits per heavy atom. The summed E-state index contributed by atoms with van der Waals surface area (Å²) in [6, 6.07) is 7.10. The van der Waals surface area contributed by atoms with E-state index in [4.69, 9.17) is 0 Å². The molecule has 3 unspecified atom stereocenters. The number of hydrogen-bond donors (Lipinski definition) is 4. The number of carboxylic acid groups (broad SMARTS) is 1. The number of carboxylic acids is 1. The number of imidazole rings is 1. The summed E-state index contributed by atoms with van der Waals surface area (Å²) in [6.07, 6.45) is 0. The Kier molecular flexibility index (Phi) is 7.57. The van der Waals surface area contributed by atoms with Crippen LogP contribution in [0.2, 0.25) is 0 Å². The van der Waals surface area contributed by atoms with Crippen LogP contribution in [0.4, 0.5) is 4.79 Å². The fourth-order valence-corrected chi connectivity index (χ4v) is 8.21. The summed E-state index contributed by atoms with van der Waals surface area (Å²) in [4.78, 5) is 67.2. The van der Waals surface area contributed by atoms with Crippen molar-refractivity contribution in [3.8, 4) is 0 Å². The minimum atomic E-state index is -1.26. The van der Waals surface area contributed by atoms with E-state index in [0.29, 0.717) is 32.4 Å². The summed E-state index contributed by atoms with van der Waals surface area (Å²) in [6.45, 7) is 1.79. The molecule has 2 aliphatic heterocycles. The highest BCUT2D eigenvalue weighted by molar-refractivity contribution is 8.01. The maximum Gasteiger partial charge on any atom is 0.352 e. The third kappa shape index (κ3) is 5.00. The van der Waals surface area contributed by atoms with Crippen LogP contribution >= 0.6 is 34.9 Å². The summed E-state index contributed by atoms with van der Waals surface area (Å²) in [5, 5.41) is 30.0. The number of benzene rings is 1. The first-order valence-corrected chi connectivity index (χ1v) is 15.6. The Hall–Kier alpha value is -4.42. The van der Waals surface area contributed by atoms with Gasteiger partial charge >= 0.3 is 17.7 Å². The van der Waals surface area contributed by atoms with E-state index in [-0.39, 0.29) is 10.9 Å². The molecule has 1 aromatic carbocycles. The van der Waals surface area contributed by atoms with Crippen molar-refractivity contribution in [2.75, 3.05) is 5.75 Å². The van der Waals surface area contributed by atoms with E-state index in [2.05, 4.69) is 31.3 Å². The molecule has 0 spiro atoms. The van der Waals surface area contributed by atoms with Crippen molar-refractivity contribution in [1.82, 2.24) is 45.3 Å². The highest BCUT2D eigenvalue weighted by atomic mass is 32.2. The minimum absolute atomic E-state index is 0.138. The summed E-state index contributed by atoms with van der Waals surface area (Å²) >= 11 is 3.75. The quantitative estimate of drug-likeness (QED) is 0.159. The van der Waals surface area contributed by atoms with Crippen molar-refractivity contribution in [2.24, 2.45) is 7.05 Å². The van der Waals surface area contributed by atoms with Gasteiger partial charge in [-0.15, -0.1) is 33.3 Å². The smallest absolute Gasteiger partial charge is 0.352 e. The Morgan fingerprint density at radius 3 is 2.60 bits per heavy atom. The van der Waals surface area contributed by atoms with Gasteiger partial charge in [-0.05, 0) is 41.3 Å². The third-order valence-corrected chi connectivity index (χ3v) is 10.4. The van der Waals surface area contributed by atoms with Crippen molar-refractivity contribution in [1.29, 1.82) is 0 Å². The van der Waals surface area contributed by atoms with Gasteiger partial charge in [0, 0.05) is 22.9 Å². The lowest BCUT2D eigenvalue weighted by Gasteiger charge is -2.50. The highest BCUT2D eigenvalue weighted by Gasteiger charge is 2.55. The zero-order valence-corrected chi connectivity index (χ0v) is 24.9. The van der Waals surface area contributed by atoms with Gasteiger partial charge in [0.25, 0.3) is 5.91 Å². The summed E-state index contributed by atoms with van der Waals surface area (Å²) in [7, 11) is 1.55. The number of H-pyrrole nitrogens is 1. The average molecular weight is 642 g/mol. The fraction of sp³-hybridized carbons (Fsp3) is 0.280. The highest BCUT2D eigenvalue weighted by Crippen LogP contribution is 2.43. The lowest BCUT2D eigenvalue weighted by Crippen LogP contribution is -2.71. The van der Waals surface area contributed by atoms with E-state index in [1.807, 2.05) is 0 Å². The molecule has 4 atom stereocenters. The number of thiophene rings is 1. The monoisotopic (exact) mass is 641 g/mol. The molecule has 1 fully saturated rings. The summed E-state index contributed by atoms with van der Waals surface area (Å²) in [5.74, 6) is -2.22. The van der Waals surface area contributed by atoms with Crippen LogP contribution in [0.15, 0.2) is 63.0 Å². The number of thioether (sulfide) groups is 2. The second kappa shape index (κ2) is 11.3. The second-order valence-electron chi connectivity index (χ2n) is 9.59. The number of carbonyl (C=O) groups excluding carboxylic acids is 3. The van der Waals surface area contributed by atoms with Gasteiger partial charge in [0.05, 0.1) is 11.0 Å². The fourth-order valence-electron chi connectivity index (χ4n) is 5.02. The number of nitrogens with one attached hydrogen (secondary N) is 3. The number of hydrogen-bond acceptors (Lipinski definition) is 11. The molecule has 43 heavy (non-hydrogen) atoms. The maximum atomic E-state index is 13.6. The lowest BCUT2D eigenvalue weighted by molar-refractivity contribution is -0.151.